The number of carbonyl (C=O) groups excluding carboxylic acids is 1. The first kappa shape index (κ1) is 38.5. The smallest absolute Gasteiger partial charge is 0.332 e. The molecule has 0 unspecified atom stereocenters. The van der Waals surface area contributed by atoms with Gasteiger partial charge in [0.25, 0.3) is 10.0 Å². The molecule has 0 aliphatic heterocycles. The van der Waals surface area contributed by atoms with Crippen LogP contribution in [0.1, 0.15) is 77.8 Å². The van der Waals surface area contributed by atoms with Gasteiger partial charge in [-0.05, 0) is 84.3 Å². The number of fused-ring (bicyclic) bond motifs is 1. The van der Waals surface area contributed by atoms with Gasteiger partial charge in [-0.3, -0.25) is 4.79 Å². The van der Waals surface area contributed by atoms with Crippen molar-refractivity contribution in [3.63, 3.8) is 0 Å². The van der Waals surface area contributed by atoms with E-state index in [0.717, 1.165) is 12.8 Å². The van der Waals surface area contributed by atoms with Gasteiger partial charge in [0, 0.05) is 28.6 Å². The van der Waals surface area contributed by atoms with Gasteiger partial charge >= 0.3 is 5.97 Å². The maximum Gasteiger partial charge on any atom is 0.332 e. The molecule has 1 amide bonds. The van der Waals surface area contributed by atoms with Gasteiger partial charge in [0.15, 0.2) is 8.32 Å². The number of halogens is 1. The minimum Gasteiger partial charge on any atom is -0.478 e. The summed E-state index contributed by atoms with van der Waals surface area (Å²) in [5, 5.41) is 11.1. The number of aromatic nitrogens is 1. The van der Waals surface area contributed by atoms with Crippen molar-refractivity contribution in [1.29, 1.82) is 0 Å². The highest BCUT2D eigenvalue weighted by Crippen LogP contribution is 2.48. The fraction of sp³-hybridized carbons (Fsp3) is 0.400. The van der Waals surface area contributed by atoms with Crippen LogP contribution in [0.25, 0.3) is 10.9 Å². The number of aliphatic carboxylic acids is 1. The SMILES string of the molecule is CC(C)(C)/C(=C\C(=O)N(CC1CC1)[C@H](c1cc2ccccc2n1S(=O)(=O)c1ccccc1)[C@H](O[Si](C)(C)C(C)(C)C)c1cccc(Cl)c1)C(=O)O. The van der Waals surface area contributed by atoms with Crippen molar-refractivity contribution in [2.45, 2.75) is 89.6 Å². The summed E-state index contributed by atoms with van der Waals surface area (Å²) in [4.78, 5) is 29.2. The maximum atomic E-state index is 14.9. The highest BCUT2D eigenvalue weighted by molar-refractivity contribution is 7.90. The van der Waals surface area contributed by atoms with Crippen molar-refractivity contribution >= 4 is 52.7 Å². The molecule has 1 saturated carbocycles. The minimum absolute atomic E-state index is 0.0471. The van der Waals surface area contributed by atoms with Crippen LogP contribution in [0.5, 0.6) is 0 Å². The van der Waals surface area contributed by atoms with E-state index >= 15 is 0 Å². The molecular formula is C40H49ClN2O6SSi. The average molecular weight is 749 g/mol. The maximum absolute atomic E-state index is 14.9. The van der Waals surface area contributed by atoms with Crippen LogP contribution >= 0.6 is 11.6 Å². The molecule has 0 bridgehead atoms. The number of nitrogens with zero attached hydrogens (tertiary/aromatic N) is 2. The van der Waals surface area contributed by atoms with E-state index in [4.69, 9.17) is 16.0 Å². The van der Waals surface area contributed by atoms with Crippen LogP contribution in [0.15, 0.2) is 101 Å². The van der Waals surface area contributed by atoms with E-state index in [2.05, 4.69) is 33.9 Å². The molecule has 1 fully saturated rings. The molecule has 1 N–H and O–H groups in total. The number of carboxylic acids is 1. The molecule has 51 heavy (non-hydrogen) atoms. The predicted molar refractivity (Wildman–Crippen MR) is 206 cm³/mol. The zero-order valence-electron chi connectivity index (χ0n) is 30.7. The number of hydrogen-bond donors (Lipinski definition) is 1. The molecule has 2 atom stereocenters. The third-order valence-electron chi connectivity index (χ3n) is 10.0. The van der Waals surface area contributed by atoms with Crippen molar-refractivity contribution in [2.75, 3.05) is 6.54 Å². The summed E-state index contributed by atoms with van der Waals surface area (Å²) < 4.78 is 38.3. The second-order valence-corrected chi connectivity index (χ2v) is 23.0. The molecule has 3 aromatic carbocycles. The fourth-order valence-corrected chi connectivity index (χ4v) is 9.05. The average Bonchev–Trinajstić information content (AvgIpc) is 3.78. The van der Waals surface area contributed by atoms with Gasteiger partial charge in [0.05, 0.1) is 22.2 Å². The van der Waals surface area contributed by atoms with Crippen molar-refractivity contribution in [3.05, 3.63) is 113 Å². The Labute approximate surface area is 308 Å². The summed E-state index contributed by atoms with van der Waals surface area (Å²) in [6.07, 6.45) is 2.11. The number of rotatable bonds is 12. The van der Waals surface area contributed by atoms with Gasteiger partial charge in [0.2, 0.25) is 5.91 Å². The van der Waals surface area contributed by atoms with Crippen molar-refractivity contribution in [2.24, 2.45) is 11.3 Å². The van der Waals surface area contributed by atoms with Crippen molar-refractivity contribution < 1.29 is 27.5 Å². The lowest BCUT2D eigenvalue weighted by molar-refractivity contribution is -0.135. The van der Waals surface area contributed by atoms with Crippen LogP contribution < -0.4 is 0 Å². The number of carboxylic acid groups (broad SMARTS) is 1. The molecule has 272 valence electrons. The van der Waals surface area contributed by atoms with E-state index in [1.807, 2.05) is 30.3 Å². The molecule has 0 saturated heterocycles. The molecule has 5 rings (SSSR count). The largest absolute Gasteiger partial charge is 0.478 e. The first-order chi connectivity index (χ1) is 23.7. The lowest BCUT2D eigenvalue weighted by Crippen LogP contribution is -2.47. The van der Waals surface area contributed by atoms with Gasteiger partial charge < -0.3 is 14.4 Å². The molecular weight excluding hydrogens is 700 g/mol. The second kappa shape index (κ2) is 14.4. The second-order valence-electron chi connectivity index (χ2n) is 16.1. The predicted octanol–water partition coefficient (Wildman–Crippen LogP) is 9.63. The van der Waals surface area contributed by atoms with E-state index in [-0.39, 0.29) is 28.0 Å². The summed E-state index contributed by atoms with van der Waals surface area (Å²) in [7, 11) is -6.89. The van der Waals surface area contributed by atoms with E-state index < -0.39 is 47.8 Å². The Bertz CT molecular complexity index is 2060. The summed E-state index contributed by atoms with van der Waals surface area (Å²) in [5.41, 5.74) is 0.567. The Kier molecular flexibility index (Phi) is 10.9. The summed E-state index contributed by atoms with van der Waals surface area (Å²) in [6, 6.07) is 23.6. The van der Waals surface area contributed by atoms with E-state index in [1.54, 1.807) is 80.3 Å². The molecule has 1 aromatic heterocycles. The van der Waals surface area contributed by atoms with Crippen LogP contribution in [-0.2, 0) is 24.0 Å². The topological polar surface area (TPSA) is 106 Å². The van der Waals surface area contributed by atoms with Crippen LogP contribution in [0, 0.1) is 11.3 Å². The third kappa shape index (κ3) is 8.35. The monoisotopic (exact) mass is 748 g/mol. The lowest BCUT2D eigenvalue weighted by atomic mass is 9.86. The molecule has 8 nitrogen and oxygen atoms in total. The quantitative estimate of drug-likeness (QED) is 0.114. The van der Waals surface area contributed by atoms with Gasteiger partial charge in [0.1, 0.15) is 6.04 Å². The number of carbonyl (C=O) groups is 2. The van der Waals surface area contributed by atoms with E-state index in [9.17, 15) is 23.1 Å². The normalized spacial score (nSPS) is 15.8. The molecule has 1 heterocycles. The van der Waals surface area contributed by atoms with Crippen molar-refractivity contribution in [3.8, 4) is 0 Å². The van der Waals surface area contributed by atoms with Gasteiger partial charge in [-0.15, -0.1) is 0 Å². The Morgan fingerprint density at radius 2 is 1.59 bits per heavy atom. The van der Waals surface area contributed by atoms with Gasteiger partial charge in [-0.1, -0.05) is 102 Å². The number of para-hydroxylation sites is 1. The Morgan fingerprint density at radius 3 is 2.16 bits per heavy atom. The van der Waals surface area contributed by atoms with E-state index in [0.29, 0.717) is 27.2 Å². The highest BCUT2D eigenvalue weighted by atomic mass is 35.5. The Hall–Kier alpha value is -3.70. The third-order valence-corrected chi connectivity index (χ3v) is 16.5. The van der Waals surface area contributed by atoms with Crippen LogP contribution in [0.4, 0.5) is 0 Å². The van der Waals surface area contributed by atoms with Crippen LogP contribution in [0.3, 0.4) is 0 Å². The number of amides is 1. The highest BCUT2D eigenvalue weighted by Gasteiger charge is 2.46. The minimum atomic E-state index is -4.23. The van der Waals surface area contributed by atoms with Crippen LogP contribution in [0.2, 0.25) is 23.2 Å². The summed E-state index contributed by atoms with van der Waals surface area (Å²) in [6.45, 7) is 16.1. The molecule has 11 heteroatoms. The summed E-state index contributed by atoms with van der Waals surface area (Å²) in [5.74, 6) is -1.56. The molecule has 1 aliphatic carbocycles. The van der Waals surface area contributed by atoms with Crippen molar-refractivity contribution in [1.82, 2.24) is 8.87 Å². The summed E-state index contributed by atoms with van der Waals surface area (Å²) >= 11 is 6.64. The Balaban J connectivity index is 1.91. The van der Waals surface area contributed by atoms with Gasteiger partial charge in [-0.2, -0.15) is 0 Å². The first-order valence-corrected chi connectivity index (χ1v) is 22.1. The number of hydrogen-bond acceptors (Lipinski definition) is 5. The van der Waals surface area contributed by atoms with Gasteiger partial charge in [-0.25, -0.2) is 17.2 Å². The molecule has 1 aliphatic rings. The zero-order chi connectivity index (χ0) is 37.5. The number of benzene rings is 3. The zero-order valence-corrected chi connectivity index (χ0v) is 33.3. The van der Waals surface area contributed by atoms with Crippen LogP contribution in [-0.4, -0.2) is 49.1 Å². The molecule has 0 radical (unpaired) electrons. The fourth-order valence-electron chi connectivity index (χ4n) is 6.02. The Morgan fingerprint density at radius 1 is 0.961 bits per heavy atom. The standard InChI is InChI=1S/C40H49ClN2O6SSi/c1-39(2,3)32(38(45)46)25-35(44)42(26-27-21-22-27)36(37(29-16-14-17-30(41)23-29)49-51(7,8)40(4,5)6)34-24-28-15-12-13-20-33(28)43(34)50(47,48)31-18-10-9-11-19-31/h9-20,23-25,27,36-37H,21-22,26H2,1-8H3,(H,45,46)/b32-25-/t36-,37-/m1/s1. The lowest BCUT2D eigenvalue weighted by Gasteiger charge is -2.44. The van der Waals surface area contributed by atoms with E-state index in [1.165, 1.54) is 10.0 Å². The molecule has 0 spiro atoms. The first-order valence-electron chi connectivity index (χ1n) is 17.3. The molecule has 4 aromatic rings.